The SMILES string of the molecule is C(#CC1CC1)c1ccc(-c2cc(OC[C@H]3CCCCO3)cnn2)cc1. The van der Waals surface area contributed by atoms with Gasteiger partial charge in [0.25, 0.3) is 0 Å². The van der Waals surface area contributed by atoms with Crippen molar-refractivity contribution in [1.82, 2.24) is 10.2 Å². The molecule has 4 nitrogen and oxygen atoms in total. The van der Waals surface area contributed by atoms with Crippen molar-refractivity contribution in [3.8, 4) is 28.8 Å². The van der Waals surface area contributed by atoms with Crippen LogP contribution in [0.4, 0.5) is 0 Å². The first-order chi connectivity index (χ1) is 12.4. The third-order valence-corrected chi connectivity index (χ3v) is 4.52. The summed E-state index contributed by atoms with van der Waals surface area (Å²) in [4.78, 5) is 0. The summed E-state index contributed by atoms with van der Waals surface area (Å²) in [5, 5.41) is 8.29. The Labute approximate surface area is 148 Å². The van der Waals surface area contributed by atoms with E-state index in [1.165, 1.54) is 19.3 Å². The van der Waals surface area contributed by atoms with E-state index in [9.17, 15) is 0 Å². The molecular weight excluding hydrogens is 312 g/mol. The molecule has 0 spiro atoms. The van der Waals surface area contributed by atoms with Crippen LogP contribution in [0.5, 0.6) is 5.75 Å². The van der Waals surface area contributed by atoms with Gasteiger partial charge in [0.2, 0.25) is 0 Å². The van der Waals surface area contributed by atoms with E-state index in [-0.39, 0.29) is 6.10 Å². The Bertz CT molecular complexity index is 766. The molecule has 1 aromatic heterocycles. The molecule has 1 saturated carbocycles. The molecule has 0 radical (unpaired) electrons. The fraction of sp³-hybridized carbons (Fsp3) is 0.429. The largest absolute Gasteiger partial charge is 0.489 e. The molecule has 1 atom stereocenters. The quantitative estimate of drug-likeness (QED) is 0.797. The number of hydrogen-bond acceptors (Lipinski definition) is 4. The normalized spacial score (nSPS) is 19.8. The molecule has 0 unspecified atom stereocenters. The van der Waals surface area contributed by atoms with Gasteiger partial charge in [0.15, 0.2) is 0 Å². The van der Waals surface area contributed by atoms with Gasteiger partial charge in [-0.15, -0.1) is 0 Å². The van der Waals surface area contributed by atoms with Crippen molar-refractivity contribution in [3.63, 3.8) is 0 Å². The fourth-order valence-electron chi connectivity index (χ4n) is 2.83. The second-order valence-electron chi connectivity index (χ2n) is 6.70. The van der Waals surface area contributed by atoms with Crippen LogP contribution in [-0.4, -0.2) is 29.5 Å². The minimum atomic E-state index is 0.190. The van der Waals surface area contributed by atoms with Crippen molar-refractivity contribution < 1.29 is 9.47 Å². The number of nitrogens with zero attached hydrogens (tertiary/aromatic N) is 2. The number of benzene rings is 1. The summed E-state index contributed by atoms with van der Waals surface area (Å²) in [6.07, 6.45) is 7.77. The molecule has 0 amide bonds. The molecule has 25 heavy (non-hydrogen) atoms. The number of aromatic nitrogens is 2. The summed E-state index contributed by atoms with van der Waals surface area (Å²) < 4.78 is 11.6. The highest BCUT2D eigenvalue weighted by atomic mass is 16.5. The van der Waals surface area contributed by atoms with Crippen molar-refractivity contribution >= 4 is 0 Å². The highest BCUT2D eigenvalue weighted by Gasteiger charge is 2.17. The van der Waals surface area contributed by atoms with E-state index in [4.69, 9.17) is 9.47 Å². The zero-order valence-corrected chi connectivity index (χ0v) is 14.3. The van der Waals surface area contributed by atoms with Gasteiger partial charge in [0.1, 0.15) is 12.4 Å². The Morgan fingerprint density at radius 1 is 1.12 bits per heavy atom. The van der Waals surface area contributed by atoms with Crippen molar-refractivity contribution in [1.29, 1.82) is 0 Å². The molecule has 2 heterocycles. The van der Waals surface area contributed by atoms with Crippen LogP contribution >= 0.6 is 0 Å². The number of ether oxygens (including phenoxy) is 2. The molecule has 1 saturated heterocycles. The van der Waals surface area contributed by atoms with E-state index in [1.54, 1.807) is 6.20 Å². The van der Waals surface area contributed by atoms with Crippen LogP contribution in [0.15, 0.2) is 36.5 Å². The first kappa shape index (κ1) is 16.1. The molecule has 1 aliphatic carbocycles. The van der Waals surface area contributed by atoms with Gasteiger partial charge in [0.05, 0.1) is 18.0 Å². The van der Waals surface area contributed by atoms with Crippen molar-refractivity contribution in [3.05, 3.63) is 42.1 Å². The van der Waals surface area contributed by atoms with Crippen molar-refractivity contribution in [2.45, 2.75) is 38.2 Å². The average Bonchev–Trinajstić information content (AvgIpc) is 3.51. The van der Waals surface area contributed by atoms with Crippen LogP contribution in [-0.2, 0) is 4.74 Å². The summed E-state index contributed by atoms with van der Waals surface area (Å²) in [6.45, 7) is 1.41. The standard InChI is InChI=1S/C21H22N2O2/c1-2-12-24-19(3-1)15-25-20-13-21(23-22-14-20)18-10-8-17(9-11-18)7-6-16-4-5-16/h8-11,13-14,16,19H,1-5,12,15H2/t19-/m1/s1. The van der Waals surface area contributed by atoms with E-state index >= 15 is 0 Å². The topological polar surface area (TPSA) is 44.2 Å². The minimum absolute atomic E-state index is 0.190. The van der Waals surface area contributed by atoms with Crippen LogP contribution in [0, 0.1) is 17.8 Å². The Hall–Kier alpha value is -2.38. The zero-order chi connectivity index (χ0) is 16.9. The van der Waals surface area contributed by atoms with Gasteiger partial charge in [-0.25, -0.2) is 0 Å². The maximum absolute atomic E-state index is 5.85. The van der Waals surface area contributed by atoms with E-state index in [0.717, 1.165) is 42.0 Å². The highest BCUT2D eigenvalue weighted by Crippen LogP contribution is 2.27. The van der Waals surface area contributed by atoms with Crippen LogP contribution in [0.25, 0.3) is 11.3 Å². The zero-order valence-electron chi connectivity index (χ0n) is 14.3. The third-order valence-electron chi connectivity index (χ3n) is 4.52. The van der Waals surface area contributed by atoms with E-state index in [1.807, 2.05) is 30.3 Å². The van der Waals surface area contributed by atoms with E-state index < -0.39 is 0 Å². The molecule has 0 N–H and O–H groups in total. The molecule has 2 aliphatic rings. The summed E-state index contributed by atoms with van der Waals surface area (Å²) >= 11 is 0. The Morgan fingerprint density at radius 2 is 2.00 bits per heavy atom. The van der Waals surface area contributed by atoms with Crippen LogP contribution in [0.3, 0.4) is 0 Å². The van der Waals surface area contributed by atoms with Crippen molar-refractivity contribution in [2.24, 2.45) is 5.92 Å². The number of hydrogen-bond donors (Lipinski definition) is 0. The molecule has 128 valence electrons. The maximum atomic E-state index is 5.85. The lowest BCUT2D eigenvalue weighted by molar-refractivity contribution is -0.0111. The molecular formula is C21H22N2O2. The Balaban J connectivity index is 1.40. The third kappa shape index (κ3) is 4.58. The van der Waals surface area contributed by atoms with Gasteiger partial charge < -0.3 is 9.47 Å². The van der Waals surface area contributed by atoms with Crippen LogP contribution < -0.4 is 4.74 Å². The summed E-state index contributed by atoms with van der Waals surface area (Å²) in [7, 11) is 0. The van der Waals surface area contributed by atoms with Gasteiger partial charge in [-0.1, -0.05) is 24.0 Å². The Kier molecular flexibility index (Phi) is 4.94. The predicted octanol–water partition coefficient (Wildman–Crippen LogP) is 3.85. The first-order valence-electron chi connectivity index (χ1n) is 9.06. The minimum Gasteiger partial charge on any atom is -0.489 e. The number of rotatable bonds is 4. The van der Waals surface area contributed by atoms with Gasteiger partial charge in [-0.05, 0) is 44.2 Å². The second kappa shape index (κ2) is 7.67. The van der Waals surface area contributed by atoms with Gasteiger partial charge >= 0.3 is 0 Å². The summed E-state index contributed by atoms with van der Waals surface area (Å²) in [5.74, 6) is 7.86. The Morgan fingerprint density at radius 3 is 2.76 bits per heavy atom. The van der Waals surface area contributed by atoms with Gasteiger partial charge in [-0.3, -0.25) is 0 Å². The molecule has 1 aliphatic heterocycles. The molecule has 0 bridgehead atoms. The molecule has 4 heteroatoms. The van der Waals surface area contributed by atoms with E-state index in [2.05, 4.69) is 22.0 Å². The predicted molar refractivity (Wildman–Crippen MR) is 96.2 cm³/mol. The smallest absolute Gasteiger partial charge is 0.141 e. The molecule has 2 aromatic rings. The first-order valence-corrected chi connectivity index (χ1v) is 9.06. The fourth-order valence-corrected chi connectivity index (χ4v) is 2.83. The summed E-state index contributed by atoms with van der Waals surface area (Å²) in [6, 6.07) is 10.1. The molecule has 1 aromatic carbocycles. The summed E-state index contributed by atoms with van der Waals surface area (Å²) in [5.41, 5.74) is 2.87. The monoisotopic (exact) mass is 334 g/mol. The van der Waals surface area contributed by atoms with E-state index in [0.29, 0.717) is 12.5 Å². The highest BCUT2D eigenvalue weighted by molar-refractivity contribution is 5.61. The average molecular weight is 334 g/mol. The lowest BCUT2D eigenvalue weighted by Gasteiger charge is -2.22. The lowest BCUT2D eigenvalue weighted by atomic mass is 10.1. The second-order valence-corrected chi connectivity index (χ2v) is 6.70. The van der Waals surface area contributed by atoms with Gasteiger partial charge in [-0.2, -0.15) is 10.2 Å². The molecule has 2 fully saturated rings. The van der Waals surface area contributed by atoms with Gasteiger partial charge in [0, 0.05) is 29.7 Å². The maximum Gasteiger partial charge on any atom is 0.141 e. The lowest BCUT2D eigenvalue weighted by Crippen LogP contribution is -2.25. The molecule has 4 rings (SSSR count). The van der Waals surface area contributed by atoms with Crippen LogP contribution in [0.2, 0.25) is 0 Å². The van der Waals surface area contributed by atoms with Crippen molar-refractivity contribution in [2.75, 3.05) is 13.2 Å². The van der Waals surface area contributed by atoms with Crippen LogP contribution in [0.1, 0.15) is 37.7 Å².